The fraction of sp³-hybridized carbons (Fsp3) is 0.250. The van der Waals surface area contributed by atoms with Crippen LogP contribution in [-0.2, 0) is 6.42 Å². The number of hydrogen-bond acceptors (Lipinski definition) is 2. The molecule has 0 amide bonds. The third-order valence-electron chi connectivity index (χ3n) is 2.69. The number of H-pyrrole nitrogens is 1. The van der Waals surface area contributed by atoms with Crippen LogP contribution in [-0.4, -0.2) is 10.1 Å². The Hall–Kier alpha value is -1.77. The van der Waals surface area contributed by atoms with Crippen molar-refractivity contribution < 1.29 is 5.11 Å². The lowest BCUT2D eigenvalue weighted by Crippen LogP contribution is -2.09. The normalized spacial score (nSPS) is 10.8. The van der Waals surface area contributed by atoms with Gasteiger partial charge in [-0.1, -0.05) is 13.0 Å². The minimum Gasteiger partial charge on any atom is -0.507 e. The summed E-state index contributed by atoms with van der Waals surface area (Å²) in [5, 5.41) is 10.6. The standard InChI is InChI=1S/C12H13NO2/c1-3-8-4-5-10-9(6-8)11(14)7(2)12(15)13-10/h4-6H,3H2,1-2H3,(H2,13,14,15). The van der Waals surface area contributed by atoms with Crippen LogP contribution in [0.15, 0.2) is 23.0 Å². The highest BCUT2D eigenvalue weighted by molar-refractivity contribution is 5.86. The van der Waals surface area contributed by atoms with Crippen LogP contribution in [0.2, 0.25) is 0 Å². The highest BCUT2D eigenvalue weighted by Crippen LogP contribution is 2.25. The fourth-order valence-electron chi connectivity index (χ4n) is 1.64. The molecule has 0 saturated heterocycles. The maximum atomic E-state index is 11.4. The van der Waals surface area contributed by atoms with Gasteiger partial charge in [0.15, 0.2) is 0 Å². The summed E-state index contributed by atoms with van der Waals surface area (Å²) < 4.78 is 0. The zero-order valence-electron chi connectivity index (χ0n) is 8.79. The number of hydrogen-bond donors (Lipinski definition) is 2. The number of aromatic nitrogens is 1. The summed E-state index contributed by atoms with van der Waals surface area (Å²) in [7, 11) is 0. The number of aromatic amines is 1. The maximum Gasteiger partial charge on any atom is 0.255 e. The third-order valence-corrected chi connectivity index (χ3v) is 2.69. The smallest absolute Gasteiger partial charge is 0.255 e. The molecular weight excluding hydrogens is 190 g/mol. The van der Waals surface area contributed by atoms with Gasteiger partial charge in [0.05, 0.1) is 11.1 Å². The topological polar surface area (TPSA) is 53.1 Å². The van der Waals surface area contributed by atoms with Gasteiger partial charge >= 0.3 is 0 Å². The van der Waals surface area contributed by atoms with Gasteiger partial charge in [-0.3, -0.25) is 4.79 Å². The molecule has 1 aromatic carbocycles. The molecule has 0 spiro atoms. The van der Waals surface area contributed by atoms with Crippen LogP contribution in [0.1, 0.15) is 18.1 Å². The van der Waals surface area contributed by atoms with Crippen molar-refractivity contribution >= 4 is 10.9 Å². The molecule has 0 atom stereocenters. The summed E-state index contributed by atoms with van der Waals surface area (Å²) in [5.74, 6) is 0.0871. The molecule has 15 heavy (non-hydrogen) atoms. The first kappa shape index (κ1) is 9.77. The molecule has 2 rings (SSSR count). The van der Waals surface area contributed by atoms with E-state index in [0.29, 0.717) is 16.5 Å². The van der Waals surface area contributed by atoms with Gasteiger partial charge < -0.3 is 10.1 Å². The Morgan fingerprint density at radius 3 is 2.80 bits per heavy atom. The first-order valence-electron chi connectivity index (χ1n) is 4.98. The van der Waals surface area contributed by atoms with Gasteiger partial charge in [-0.15, -0.1) is 0 Å². The average Bonchev–Trinajstić information content (AvgIpc) is 2.26. The van der Waals surface area contributed by atoms with Gasteiger partial charge in [0.25, 0.3) is 5.56 Å². The molecule has 2 aromatic rings. The lowest BCUT2D eigenvalue weighted by Gasteiger charge is -2.05. The van der Waals surface area contributed by atoms with Crippen LogP contribution in [0.25, 0.3) is 10.9 Å². The van der Waals surface area contributed by atoms with E-state index in [4.69, 9.17) is 0 Å². The predicted octanol–water partition coefficient (Wildman–Crippen LogP) is 2.10. The van der Waals surface area contributed by atoms with E-state index < -0.39 is 0 Å². The van der Waals surface area contributed by atoms with Crippen LogP contribution >= 0.6 is 0 Å². The Morgan fingerprint density at radius 2 is 2.13 bits per heavy atom. The fourth-order valence-corrected chi connectivity index (χ4v) is 1.64. The third kappa shape index (κ3) is 1.50. The van der Waals surface area contributed by atoms with Gasteiger partial charge in [-0.2, -0.15) is 0 Å². The highest BCUT2D eigenvalue weighted by Gasteiger charge is 2.07. The van der Waals surface area contributed by atoms with Gasteiger partial charge in [0, 0.05) is 5.39 Å². The van der Waals surface area contributed by atoms with E-state index in [2.05, 4.69) is 11.9 Å². The van der Waals surface area contributed by atoms with Gasteiger partial charge in [-0.25, -0.2) is 0 Å². The summed E-state index contributed by atoms with van der Waals surface area (Å²) in [6.45, 7) is 3.67. The molecule has 0 saturated carbocycles. The van der Waals surface area contributed by atoms with Crippen molar-refractivity contribution in [2.75, 3.05) is 0 Å². The second kappa shape index (κ2) is 3.42. The minimum absolute atomic E-state index is 0.0871. The highest BCUT2D eigenvalue weighted by atomic mass is 16.3. The van der Waals surface area contributed by atoms with Crippen LogP contribution in [0, 0.1) is 6.92 Å². The van der Waals surface area contributed by atoms with Gasteiger partial charge in [-0.05, 0) is 31.0 Å². The number of nitrogens with one attached hydrogen (secondary N) is 1. The quantitative estimate of drug-likeness (QED) is 0.745. The second-order valence-corrected chi connectivity index (χ2v) is 3.66. The van der Waals surface area contributed by atoms with Crippen LogP contribution < -0.4 is 5.56 Å². The first-order chi connectivity index (χ1) is 7.13. The molecule has 0 aliphatic heterocycles. The summed E-state index contributed by atoms with van der Waals surface area (Å²) in [6.07, 6.45) is 0.910. The Morgan fingerprint density at radius 1 is 1.40 bits per heavy atom. The van der Waals surface area contributed by atoms with Crippen molar-refractivity contribution in [2.24, 2.45) is 0 Å². The first-order valence-corrected chi connectivity index (χ1v) is 4.98. The number of rotatable bonds is 1. The van der Waals surface area contributed by atoms with Crippen molar-refractivity contribution in [1.82, 2.24) is 4.98 Å². The van der Waals surface area contributed by atoms with E-state index in [-0.39, 0.29) is 11.3 Å². The van der Waals surface area contributed by atoms with Crippen molar-refractivity contribution in [1.29, 1.82) is 0 Å². The van der Waals surface area contributed by atoms with E-state index in [0.717, 1.165) is 12.0 Å². The molecule has 2 N–H and O–H groups in total. The van der Waals surface area contributed by atoms with Crippen molar-refractivity contribution in [3.63, 3.8) is 0 Å². The van der Waals surface area contributed by atoms with Gasteiger partial charge in [0.1, 0.15) is 5.75 Å². The molecule has 0 bridgehead atoms. The van der Waals surface area contributed by atoms with E-state index >= 15 is 0 Å². The maximum absolute atomic E-state index is 11.4. The van der Waals surface area contributed by atoms with Crippen molar-refractivity contribution in [3.05, 3.63) is 39.7 Å². The molecular formula is C12H13NO2. The van der Waals surface area contributed by atoms with E-state index in [1.807, 2.05) is 18.2 Å². The van der Waals surface area contributed by atoms with Crippen molar-refractivity contribution in [2.45, 2.75) is 20.3 Å². The molecule has 0 fully saturated rings. The Labute approximate surface area is 87.4 Å². The largest absolute Gasteiger partial charge is 0.507 e. The molecule has 0 unspecified atom stereocenters. The summed E-state index contributed by atoms with van der Waals surface area (Å²) in [4.78, 5) is 14.1. The monoisotopic (exact) mass is 203 g/mol. The number of aromatic hydroxyl groups is 1. The molecule has 0 radical (unpaired) electrons. The molecule has 3 nitrogen and oxygen atoms in total. The van der Waals surface area contributed by atoms with Crippen LogP contribution in [0.3, 0.4) is 0 Å². The summed E-state index contributed by atoms with van der Waals surface area (Å²) in [6, 6.07) is 5.69. The van der Waals surface area contributed by atoms with Crippen LogP contribution in [0.5, 0.6) is 5.75 Å². The number of pyridine rings is 1. The van der Waals surface area contributed by atoms with E-state index in [1.165, 1.54) is 0 Å². The number of aryl methyl sites for hydroxylation is 1. The minimum atomic E-state index is -0.232. The van der Waals surface area contributed by atoms with E-state index in [9.17, 15) is 9.90 Å². The lowest BCUT2D eigenvalue weighted by molar-refractivity contribution is 0.476. The predicted molar refractivity (Wildman–Crippen MR) is 60.3 cm³/mol. The Bertz CT molecular complexity index is 570. The SMILES string of the molecule is CCc1ccc2[nH]c(=O)c(C)c(O)c2c1. The Balaban J connectivity index is 2.87. The Kier molecular flexibility index (Phi) is 2.23. The molecule has 0 aliphatic rings. The second-order valence-electron chi connectivity index (χ2n) is 3.66. The molecule has 1 heterocycles. The zero-order chi connectivity index (χ0) is 11.0. The number of fused-ring (bicyclic) bond motifs is 1. The van der Waals surface area contributed by atoms with Gasteiger partial charge in [0.2, 0.25) is 0 Å². The lowest BCUT2D eigenvalue weighted by atomic mass is 10.1. The zero-order valence-corrected chi connectivity index (χ0v) is 8.79. The van der Waals surface area contributed by atoms with Crippen molar-refractivity contribution in [3.8, 4) is 5.75 Å². The van der Waals surface area contributed by atoms with E-state index in [1.54, 1.807) is 6.92 Å². The summed E-state index contributed by atoms with van der Waals surface area (Å²) in [5.41, 5.74) is 1.96. The molecule has 78 valence electrons. The molecule has 1 aromatic heterocycles. The summed E-state index contributed by atoms with van der Waals surface area (Å²) >= 11 is 0. The average molecular weight is 203 g/mol. The molecule has 0 aliphatic carbocycles. The molecule has 3 heteroatoms. The van der Waals surface area contributed by atoms with Crippen LogP contribution in [0.4, 0.5) is 0 Å². The number of benzene rings is 1.